The van der Waals surface area contributed by atoms with Crippen LogP contribution in [0.3, 0.4) is 0 Å². The van der Waals surface area contributed by atoms with Crippen LogP contribution in [0.4, 0.5) is 0 Å². The van der Waals surface area contributed by atoms with Gasteiger partial charge in [-0.05, 0) is 6.07 Å². The van der Waals surface area contributed by atoms with E-state index in [0.717, 1.165) is 30.6 Å². The highest BCUT2D eigenvalue weighted by atomic mass is 16.5. The van der Waals surface area contributed by atoms with Gasteiger partial charge in [0.05, 0.1) is 32.5 Å². The van der Waals surface area contributed by atoms with Gasteiger partial charge in [0.25, 0.3) is 0 Å². The molecule has 1 aromatic carbocycles. The first-order valence-corrected chi connectivity index (χ1v) is 10.2. The minimum atomic E-state index is -0.284. The van der Waals surface area contributed by atoms with Gasteiger partial charge in [-0.2, -0.15) is 0 Å². The highest BCUT2D eigenvalue weighted by molar-refractivity contribution is 5.84. The average Bonchev–Trinajstić information content (AvgIpc) is 2.73. The Morgan fingerprint density at radius 1 is 1.04 bits per heavy atom. The largest absolute Gasteiger partial charge is 0.487 e. The highest BCUT2D eigenvalue weighted by Gasteiger charge is 2.42. The van der Waals surface area contributed by atoms with E-state index in [0.29, 0.717) is 39.5 Å². The Balaban J connectivity index is 1.38. The Labute approximate surface area is 165 Å². The molecule has 28 heavy (non-hydrogen) atoms. The summed E-state index contributed by atoms with van der Waals surface area (Å²) in [6, 6.07) is 7.79. The van der Waals surface area contributed by atoms with Crippen LogP contribution >= 0.6 is 0 Å². The molecule has 7 nitrogen and oxygen atoms in total. The van der Waals surface area contributed by atoms with E-state index in [4.69, 9.17) is 14.2 Å². The number of fused-ring (bicyclic) bond motifs is 1. The quantitative estimate of drug-likeness (QED) is 0.851. The Morgan fingerprint density at radius 3 is 2.54 bits per heavy atom. The normalized spacial score (nSPS) is 23.6. The number of hydrogen-bond acceptors (Lipinski definition) is 5. The van der Waals surface area contributed by atoms with E-state index in [9.17, 15) is 9.59 Å². The monoisotopic (exact) mass is 388 g/mol. The summed E-state index contributed by atoms with van der Waals surface area (Å²) in [7, 11) is 0. The summed E-state index contributed by atoms with van der Waals surface area (Å²) in [5.41, 5.74) is 0.723. The third kappa shape index (κ3) is 4.31. The predicted molar refractivity (Wildman–Crippen MR) is 102 cm³/mol. The summed E-state index contributed by atoms with van der Waals surface area (Å²) in [4.78, 5) is 26.7. The van der Waals surface area contributed by atoms with Crippen molar-refractivity contribution in [3.8, 4) is 5.75 Å². The van der Waals surface area contributed by atoms with Crippen LogP contribution in [-0.2, 0) is 19.1 Å². The lowest BCUT2D eigenvalue weighted by molar-refractivity contribution is -0.137. The number of rotatable bonds is 4. The predicted octanol–water partition coefficient (Wildman–Crippen LogP) is 1.81. The maximum Gasteiger partial charge on any atom is 0.223 e. The van der Waals surface area contributed by atoms with Crippen molar-refractivity contribution >= 4 is 11.8 Å². The zero-order valence-electron chi connectivity index (χ0n) is 16.2. The number of carbonyl (C=O) groups is 2. The first kappa shape index (κ1) is 19.2. The Hall–Kier alpha value is -2.12. The van der Waals surface area contributed by atoms with Crippen LogP contribution in [0.15, 0.2) is 24.3 Å². The summed E-state index contributed by atoms with van der Waals surface area (Å²) < 4.78 is 17.1. The highest BCUT2D eigenvalue weighted by Crippen LogP contribution is 2.43. The van der Waals surface area contributed by atoms with Crippen LogP contribution in [0, 0.1) is 0 Å². The standard InChI is InChI=1S/C21H28N2O5/c24-19(5-6-20(25)23-9-13-27-14-10-23)22-17-15-21(7-11-26-12-8-21)28-18-4-2-1-3-16(17)18/h1-4,17H,5-15H2,(H,22,24). The molecule has 1 N–H and O–H groups in total. The fraction of sp³-hybridized carbons (Fsp3) is 0.619. The molecule has 3 aliphatic heterocycles. The second kappa shape index (κ2) is 8.49. The van der Waals surface area contributed by atoms with Crippen molar-refractivity contribution in [2.24, 2.45) is 0 Å². The molecule has 1 spiro atoms. The van der Waals surface area contributed by atoms with E-state index in [1.54, 1.807) is 4.90 Å². The third-order valence-corrected chi connectivity index (χ3v) is 5.87. The van der Waals surface area contributed by atoms with Gasteiger partial charge in [0.15, 0.2) is 0 Å². The first-order chi connectivity index (χ1) is 13.7. The molecule has 0 aromatic heterocycles. The van der Waals surface area contributed by atoms with Gasteiger partial charge in [0.1, 0.15) is 11.4 Å². The molecule has 1 atom stereocenters. The first-order valence-electron chi connectivity index (χ1n) is 10.2. The lowest BCUT2D eigenvalue weighted by Crippen LogP contribution is -2.48. The maximum atomic E-state index is 12.6. The molecule has 152 valence electrons. The van der Waals surface area contributed by atoms with Crippen molar-refractivity contribution in [1.82, 2.24) is 10.2 Å². The molecular formula is C21H28N2O5. The number of benzene rings is 1. The molecule has 7 heteroatoms. The number of carbonyl (C=O) groups excluding carboxylic acids is 2. The lowest BCUT2D eigenvalue weighted by Gasteiger charge is -2.44. The van der Waals surface area contributed by atoms with E-state index in [-0.39, 0.29) is 36.3 Å². The van der Waals surface area contributed by atoms with Gasteiger partial charge in [-0.3, -0.25) is 9.59 Å². The van der Waals surface area contributed by atoms with E-state index < -0.39 is 0 Å². The van der Waals surface area contributed by atoms with Crippen LogP contribution in [0.5, 0.6) is 5.75 Å². The Bertz CT molecular complexity index is 711. The Kier molecular flexibility index (Phi) is 5.82. The van der Waals surface area contributed by atoms with Gasteiger partial charge in [0, 0.05) is 50.8 Å². The molecule has 0 bridgehead atoms. The number of amides is 2. The number of ether oxygens (including phenoxy) is 3. The molecule has 1 unspecified atom stereocenters. The van der Waals surface area contributed by atoms with E-state index >= 15 is 0 Å². The summed E-state index contributed by atoms with van der Waals surface area (Å²) in [6.07, 6.45) is 2.81. The summed E-state index contributed by atoms with van der Waals surface area (Å²) in [5, 5.41) is 3.15. The molecule has 2 fully saturated rings. The van der Waals surface area contributed by atoms with Crippen LogP contribution in [0.1, 0.15) is 43.7 Å². The SMILES string of the molecule is O=C(CCC(=O)N1CCOCC1)NC1CC2(CCOCC2)Oc2ccccc21. The van der Waals surface area contributed by atoms with Crippen LogP contribution in [0.2, 0.25) is 0 Å². The number of hydrogen-bond donors (Lipinski definition) is 1. The minimum absolute atomic E-state index is 0.0201. The summed E-state index contributed by atoms with van der Waals surface area (Å²) in [5.74, 6) is 0.766. The average molecular weight is 388 g/mol. The molecule has 0 aliphatic carbocycles. The molecule has 0 saturated carbocycles. The fourth-order valence-electron chi connectivity index (χ4n) is 4.25. The van der Waals surface area contributed by atoms with E-state index in [2.05, 4.69) is 5.32 Å². The van der Waals surface area contributed by atoms with Crippen molar-refractivity contribution < 1.29 is 23.8 Å². The van der Waals surface area contributed by atoms with Crippen molar-refractivity contribution in [3.05, 3.63) is 29.8 Å². The molecule has 3 heterocycles. The van der Waals surface area contributed by atoms with Crippen molar-refractivity contribution in [2.75, 3.05) is 39.5 Å². The van der Waals surface area contributed by atoms with Crippen LogP contribution in [0.25, 0.3) is 0 Å². The third-order valence-electron chi connectivity index (χ3n) is 5.87. The molecule has 1 aromatic rings. The molecular weight excluding hydrogens is 360 g/mol. The summed E-state index contributed by atoms with van der Waals surface area (Å²) in [6.45, 7) is 3.72. The lowest BCUT2D eigenvalue weighted by atomic mass is 9.82. The Morgan fingerprint density at radius 2 is 1.75 bits per heavy atom. The molecule has 4 rings (SSSR count). The van der Waals surface area contributed by atoms with E-state index in [1.165, 1.54) is 0 Å². The molecule has 3 aliphatic rings. The second-order valence-electron chi connectivity index (χ2n) is 7.75. The van der Waals surface area contributed by atoms with Crippen LogP contribution < -0.4 is 10.1 Å². The molecule has 2 saturated heterocycles. The van der Waals surface area contributed by atoms with Gasteiger partial charge in [-0.15, -0.1) is 0 Å². The maximum absolute atomic E-state index is 12.6. The fourth-order valence-corrected chi connectivity index (χ4v) is 4.25. The van der Waals surface area contributed by atoms with Gasteiger partial charge < -0.3 is 24.4 Å². The smallest absolute Gasteiger partial charge is 0.223 e. The molecule has 0 radical (unpaired) electrons. The van der Waals surface area contributed by atoms with Gasteiger partial charge in [-0.25, -0.2) is 0 Å². The van der Waals surface area contributed by atoms with Gasteiger partial charge in [-0.1, -0.05) is 18.2 Å². The van der Waals surface area contributed by atoms with Crippen molar-refractivity contribution in [3.63, 3.8) is 0 Å². The van der Waals surface area contributed by atoms with Crippen molar-refractivity contribution in [1.29, 1.82) is 0 Å². The second-order valence-corrected chi connectivity index (χ2v) is 7.75. The molecule has 2 amide bonds. The number of morpholine rings is 1. The zero-order valence-corrected chi connectivity index (χ0v) is 16.2. The zero-order chi connectivity index (χ0) is 19.4. The van der Waals surface area contributed by atoms with Gasteiger partial charge >= 0.3 is 0 Å². The number of nitrogens with zero attached hydrogens (tertiary/aromatic N) is 1. The van der Waals surface area contributed by atoms with Gasteiger partial charge in [0.2, 0.25) is 11.8 Å². The topological polar surface area (TPSA) is 77.1 Å². The van der Waals surface area contributed by atoms with Crippen molar-refractivity contribution in [2.45, 2.75) is 43.7 Å². The minimum Gasteiger partial charge on any atom is -0.487 e. The number of nitrogens with one attached hydrogen (secondary N) is 1. The number of para-hydroxylation sites is 1. The van der Waals surface area contributed by atoms with E-state index in [1.807, 2.05) is 24.3 Å². The van der Waals surface area contributed by atoms with Crippen LogP contribution in [-0.4, -0.2) is 61.8 Å². The summed E-state index contributed by atoms with van der Waals surface area (Å²) >= 11 is 0.